The number of aromatic nitrogens is 4. The quantitative estimate of drug-likeness (QED) is 0.0394. The van der Waals surface area contributed by atoms with Crippen LogP contribution in [0.3, 0.4) is 0 Å². The zero-order valence-electron chi connectivity index (χ0n) is 48.7. The number of nitrogens with two attached hydrogens (primary N) is 4. The van der Waals surface area contributed by atoms with Crippen molar-refractivity contribution in [1.29, 1.82) is 0 Å². The minimum absolute atomic E-state index is 0.00528. The number of hydrogen-bond acceptors (Lipinski definition) is 17. The number of ketones is 3. The molecule has 6 amide bonds. The lowest BCUT2D eigenvalue weighted by molar-refractivity contribution is -0.131. The molecule has 0 bridgehead atoms. The number of fused-ring (bicyclic) bond motifs is 3. The van der Waals surface area contributed by atoms with Gasteiger partial charge in [-0.05, 0) is 67.8 Å². The molecule has 468 valence electrons. The summed E-state index contributed by atoms with van der Waals surface area (Å²) >= 11 is 0. The highest BCUT2D eigenvalue weighted by atomic mass is 32.2. The van der Waals surface area contributed by atoms with Gasteiger partial charge < -0.3 is 50.8 Å². The fourth-order valence-electron chi connectivity index (χ4n) is 9.73. The van der Waals surface area contributed by atoms with Gasteiger partial charge in [-0.3, -0.25) is 52.6 Å². The number of carbonyl (C=O) groups excluding carboxylic acids is 9. The van der Waals surface area contributed by atoms with Crippen LogP contribution in [0.25, 0.3) is 32.7 Å². The summed E-state index contributed by atoms with van der Waals surface area (Å²) in [6.45, 7) is 4.97. The minimum Gasteiger partial charge on any atom is -0.483 e. The number of Topliss-reactive ketones (excluding diaryl/α,β-unsaturated/α-hetero) is 3. The molecule has 9 rings (SSSR count). The highest BCUT2D eigenvalue weighted by Gasteiger charge is 2.31. The summed E-state index contributed by atoms with van der Waals surface area (Å²) in [5.41, 5.74) is 26.7. The molecule has 0 spiro atoms. The number of carbonyl (C=O) groups is 9. The summed E-state index contributed by atoms with van der Waals surface area (Å²) in [5.74, 6) is -9.27. The molecular weight excluding hydrogens is 1210 g/mol. The van der Waals surface area contributed by atoms with E-state index in [0.717, 1.165) is 29.2 Å². The van der Waals surface area contributed by atoms with Gasteiger partial charge in [0.1, 0.15) is 11.5 Å². The normalized spacial score (nSPS) is 11.5. The number of benzene rings is 5. The SMILES string of the molecule is Cc1c(C(=O)C(N)=O)c2c(OC(F)C(N)=O)cccc2n1Cc1ccccc1.Cc1c(C(=O)C(N)=O)c2c(OCC(=O)NS(C)(=O)=O)cccc2n1Cc1ccccc1.Cc1c(C(=O)C(N)=O)c2c(OCC(=O)NS(C)(=O)=O)nccc2n1Cc1ccccc1. The van der Waals surface area contributed by atoms with Gasteiger partial charge in [-0.2, -0.15) is 4.39 Å². The summed E-state index contributed by atoms with van der Waals surface area (Å²) in [5, 5.41) is 0.738. The highest BCUT2D eigenvalue weighted by Crippen LogP contribution is 2.37. The minimum atomic E-state index is -3.76. The van der Waals surface area contributed by atoms with Gasteiger partial charge in [-0.25, -0.2) is 21.8 Å². The molecule has 5 aromatic carbocycles. The molecule has 29 heteroatoms. The Hall–Kier alpha value is -11.1. The van der Waals surface area contributed by atoms with E-state index in [0.29, 0.717) is 58.7 Å². The van der Waals surface area contributed by atoms with E-state index in [1.54, 1.807) is 65.1 Å². The van der Waals surface area contributed by atoms with Gasteiger partial charge in [0.05, 0.1) is 61.9 Å². The lowest BCUT2D eigenvalue weighted by Gasteiger charge is -2.11. The molecule has 10 N–H and O–H groups in total. The molecule has 9 aromatic rings. The third-order valence-electron chi connectivity index (χ3n) is 13.5. The number of sulfonamides is 2. The fraction of sp³-hybridized carbons (Fsp3) is 0.180. The van der Waals surface area contributed by atoms with E-state index in [9.17, 15) is 64.4 Å². The predicted molar refractivity (Wildman–Crippen MR) is 327 cm³/mol. The van der Waals surface area contributed by atoms with Crippen molar-refractivity contribution < 1.29 is 78.6 Å². The Morgan fingerprint density at radius 3 is 1.19 bits per heavy atom. The summed E-state index contributed by atoms with van der Waals surface area (Å²) in [6, 6.07) is 39.7. The van der Waals surface area contributed by atoms with Crippen molar-refractivity contribution in [3.05, 3.63) is 190 Å². The molecule has 0 saturated heterocycles. The molecule has 0 radical (unpaired) electrons. The van der Waals surface area contributed by atoms with E-state index < -0.39 is 92.4 Å². The smallest absolute Gasteiger partial charge is 0.316 e. The standard InChI is InChI=1S/C21H21N3O6S.C20H18FN3O4.C20H20N4O6S/c1-13-18(20(26)21(22)27)19-15(24(13)11-14-7-4-3-5-8-14)9-6-10-16(19)30-12-17(25)23-31(2,28)29;1-11-15(17(25)19(22)26)16-13(24(11)10-12-6-3-2-4-7-12)8-5-9-14(16)28-18(21)20(23)27;1-12-16(18(26)19(21)27)17-14(24(12)10-13-6-4-3-5-7-13)8-9-22-20(17)30-11-15(25)23-31(2,28)29/h3-10H,11-12H2,1-2H3,(H2,22,27)(H,23,25);2-9,18H,10H2,1H3,(H2,22,26)(H2,23,27);3-9H,10-11H2,1-2H3,(H2,21,27)(H,23,25). The maximum Gasteiger partial charge on any atom is 0.316 e. The Morgan fingerprint density at radius 2 is 0.822 bits per heavy atom. The van der Waals surface area contributed by atoms with Crippen LogP contribution in [0.5, 0.6) is 17.4 Å². The number of amides is 6. The second-order valence-corrected chi connectivity index (χ2v) is 23.5. The number of halogens is 1. The number of hydrogen-bond donors (Lipinski definition) is 6. The topological polar surface area (TPSA) is 405 Å². The molecule has 4 heterocycles. The maximum absolute atomic E-state index is 13.8. The number of nitrogens with one attached hydrogen (secondary N) is 2. The van der Waals surface area contributed by atoms with E-state index in [1.165, 1.54) is 18.3 Å². The van der Waals surface area contributed by atoms with E-state index >= 15 is 0 Å². The van der Waals surface area contributed by atoms with Crippen LogP contribution in [0.1, 0.15) is 64.8 Å². The Balaban J connectivity index is 0.000000192. The van der Waals surface area contributed by atoms with Crippen molar-refractivity contribution in [1.82, 2.24) is 28.1 Å². The van der Waals surface area contributed by atoms with E-state index in [2.05, 4.69) is 4.98 Å². The van der Waals surface area contributed by atoms with Crippen molar-refractivity contribution in [2.24, 2.45) is 22.9 Å². The van der Waals surface area contributed by atoms with Crippen LogP contribution in [0.15, 0.2) is 140 Å². The van der Waals surface area contributed by atoms with Crippen LogP contribution in [-0.4, -0.2) is 120 Å². The van der Waals surface area contributed by atoms with E-state index in [-0.39, 0.29) is 44.8 Å². The molecule has 1 atom stereocenters. The fourth-order valence-corrected chi connectivity index (χ4v) is 10.7. The molecule has 0 aliphatic carbocycles. The number of primary amides is 4. The van der Waals surface area contributed by atoms with Crippen molar-refractivity contribution in [2.45, 2.75) is 46.8 Å². The molecule has 26 nitrogen and oxygen atoms in total. The second-order valence-electron chi connectivity index (χ2n) is 20.0. The Labute approximate surface area is 512 Å². The predicted octanol–water partition coefficient (Wildman–Crippen LogP) is 3.46. The van der Waals surface area contributed by atoms with E-state index in [4.69, 9.17) is 37.1 Å². The number of rotatable bonds is 23. The molecule has 0 aliphatic heterocycles. The average Bonchev–Trinajstić information content (AvgIpc) is 1.63. The lowest BCUT2D eigenvalue weighted by atomic mass is 10.1. The Kier molecular flexibility index (Phi) is 20.8. The molecule has 90 heavy (non-hydrogen) atoms. The van der Waals surface area contributed by atoms with Crippen LogP contribution in [-0.2, 0) is 68.4 Å². The largest absolute Gasteiger partial charge is 0.483 e. The van der Waals surface area contributed by atoms with Crippen LogP contribution in [0, 0.1) is 20.8 Å². The zero-order valence-corrected chi connectivity index (χ0v) is 50.3. The van der Waals surface area contributed by atoms with Crippen LogP contribution in [0.4, 0.5) is 4.39 Å². The third-order valence-corrected chi connectivity index (χ3v) is 14.7. The first kappa shape index (κ1) is 66.5. The molecule has 0 saturated carbocycles. The molecule has 1 unspecified atom stereocenters. The molecule has 0 aliphatic rings. The lowest BCUT2D eigenvalue weighted by Crippen LogP contribution is -2.33. The first-order valence-electron chi connectivity index (χ1n) is 26.7. The first-order valence-corrected chi connectivity index (χ1v) is 30.5. The highest BCUT2D eigenvalue weighted by molar-refractivity contribution is 7.89. The van der Waals surface area contributed by atoms with Crippen LogP contribution < -0.4 is 46.6 Å². The number of ether oxygens (including phenoxy) is 3. The van der Waals surface area contributed by atoms with Crippen molar-refractivity contribution >= 4 is 106 Å². The molecular formula is C61H59FN10O16S2. The van der Waals surface area contributed by atoms with Gasteiger partial charge in [-0.1, -0.05) is 103 Å². The summed E-state index contributed by atoms with van der Waals surface area (Å²) in [7, 11) is -7.50. The van der Waals surface area contributed by atoms with Gasteiger partial charge in [0, 0.05) is 42.9 Å². The van der Waals surface area contributed by atoms with Crippen LogP contribution >= 0.6 is 0 Å². The second kappa shape index (κ2) is 28.2. The van der Waals surface area contributed by atoms with Crippen molar-refractivity contribution in [3.8, 4) is 17.4 Å². The van der Waals surface area contributed by atoms with Gasteiger partial charge >= 0.3 is 6.36 Å². The molecule has 0 fully saturated rings. The van der Waals surface area contributed by atoms with Crippen LogP contribution in [0.2, 0.25) is 0 Å². The van der Waals surface area contributed by atoms with Gasteiger partial charge in [-0.15, -0.1) is 0 Å². The summed E-state index contributed by atoms with van der Waals surface area (Å²) in [6.07, 6.45) is 0.703. The van der Waals surface area contributed by atoms with Crippen molar-refractivity contribution in [2.75, 3.05) is 25.7 Å². The van der Waals surface area contributed by atoms with Gasteiger partial charge in [0.25, 0.3) is 52.8 Å². The molecule has 4 aromatic heterocycles. The third kappa shape index (κ3) is 15.9. The zero-order chi connectivity index (χ0) is 65.9. The average molecular weight is 1270 g/mol. The number of nitrogens with zero attached hydrogens (tertiary/aromatic N) is 4. The maximum atomic E-state index is 13.8. The monoisotopic (exact) mass is 1270 g/mol. The Morgan fingerprint density at radius 1 is 0.478 bits per heavy atom. The van der Waals surface area contributed by atoms with Gasteiger partial charge in [0.2, 0.25) is 25.9 Å². The Bertz CT molecular complexity index is 4350. The number of pyridine rings is 1. The summed E-state index contributed by atoms with van der Waals surface area (Å²) in [4.78, 5) is 111. The van der Waals surface area contributed by atoms with Gasteiger partial charge in [0.15, 0.2) is 13.2 Å². The number of alkyl halides is 1. The van der Waals surface area contributed by atoms with E-state index in [1.807, 2.05) is 100 Å². The van der Waals surface area contributed by atoms with Crippen molar-refractivity contribution in [3.63, 3.8) is 0 Å². The summed E-state index contributed by atoms with van der Waals surface area (Å²) < 4.78 is 83.6. The first-order chi connectivity index (χ1) is 42.5.